The number of nitrogens with one attached hydrogen (secondary N) is 1. The van der Waals surface area contributed by atoms with Gasteiger partial charge in [-0.3, -0.25) is 14.4 Å². The normalized spacial score (nSPS) is 21.4. The van der Waals surface area contributed by atoms with E-state index in [-0.39, 0.29) is 12.3 Å². The zero-order valence-corrected chi connectivity index (χ0v) is 11.3. The van der Waals surface area contributed by atoms with Crippen LogP contribution < -0.4 is 5.32 Å². The first-order valence-electron chi connectivity index (χ1n) is 5.80. The maximum absolute atomic E-state index is 11.6. The van der Waals surface area contributed by atoms with Crippen molar-refractivity contribution in [2.75, 3.05) is 6.61 Å². The monoisotopic (exact) mass is 285 g/mol. The van der Waals surface area contributed by atoms with Crippen LogP contribution >= 0.6 is 0 Å². The molecule has 1 aliphatic heterocycles. The van der Waals surface area contributed by atoms with Crippen molar-refractivity contribution in [3.05, 3.63) is 11.8 Å². The summed E-state index contributed by atoms with van der Waals surface area (Å²) in [5, 5.41) is 2.27. The average molecular weight is 285 g/mol. The molecule has 0 spiro atoms. The van der Waals surface area contributed by atoms with Crippen LogP contribution in [0, 0.1) is 0 Å². The van der Waals surface area contributed by atoms with E-state index in [1.165, 1.54) is 26.8 Å². The van der Waals surface area contributed by atoms with Gasteiger partial charge in [0.2, 0.25) is 5.91 Å². The van der Waals surface area contributed by atoms with Crippen molar-refractivity contribution in [2.24, 2.45) is 0 Å². The number of rotatable bonds is 4. The summed E-state index contributed by atoms with van der Waals surface area (Å²) in [5.74, 6) is -2.41. The Morgan fingerprint density at radius 2 is 1.90 bits per heavy atom. The number of hydrogen-bond acceptors (Lipinski definition) is 7. The molecule has 20 heavy (non-hydrogen) atoms. The highest BCUT2D eigenvalue weighted by Gasteiger charge is 2.34. The molecule has 0 bridgehead atoms. The molecule has 0 unspecified atom stereocenters. The molecule has 0 aromatic carbocycles. The predicted molar refractivity (Wildman–Crippen MR) is 64.0 cm³/mol. The van der Waals surface area contributed by atoms with Crippen LogP contribution in [-0.2, 0) is 33.4 Å². The van der Waals surface area contributed by atoms with Crippen molar-refractivity contribution in [3.63, 3.8) is 0 Å². The second-order valence-corrected chi connectivity index (χ2v) is 4.08. The van der Waals surface area contributed by atoms with E-state index in [0.29, 0.717) is 0 Å². The molecule has 2 atom stereocenters. The van der Waals surface area contributed by atoms with Crippen LogP contribution in [0.5, 0.6) is 0 Å². The maximum atomic E-state index is 11.6. The molecule has 0 fully saturated rings. The number of hydrogen-bond donors (Lipinski definition) is 1. The zero-order valence-electron chi connectivity index (χ0n) is 11.3. The lowest BCUT2D eigenvalue weighted by atomic mass is 10.1. The first-order valence-corrected chi connectivity index (χ1v) is 5.80. The van der Waals surface area contributed by atoms with E-state index in [0.717, 1.165) is 0 Å². The first kappa shape index (κ1) is 15.7. The number of carbonyl (C=O) groups is 4. The van der Waals surface area contributed by atoms with Crippen molar-refractivity contribution >= 4 is 23.8 Å². The lowest BCUT2D eigenvalue weighted by Gasteiger charge is -2.28. The summed E-state index contributed by atoms with van der Waals surface area (Å²) < 4.78 is 14.7. The minimum atomic E-state index is -0.951. The van der Waals surface area contributed by atoms with Crippen LogP contribution in [0.3, 0.4) is 0 Å². The highest BCUT2D eigenvalue weighted by atomic mass is 16.6. The summed E-state index contributed by atoms with van der Waals surface area (Å²) in [6, 6.07) is 0. The summed E-state index contributed by atoms with van der Waals surface area (Å²) in [6.45, 7) is 3.36. The molecule has 0 radical (unpaired) electrons. The van der Waals surface area contributed by atoms with E-state index in [9.17, 15) is 19.2 Å². The standard InChI is InChI=1S/C12H15NO7/c1-6(14)13-9-4-10(19-8(3)16)11(20-12(9)17)5-18-7(2)15/h4,10-11H,5H2,1-3H3,(H,13,14)/t10-,11+/m0/s1. The van der Waals surface area contributed by atoms with Crippen molar-refractivity contribution in [1.29, 1.82) is 0 Å². The van der Waals surface area contributed by atoms with Crippen molar-refractivity contribution in [3.8, 4) is 0 Å². The van der Waals surface area contributed by atoms with Gasteiger partial charge in [-0.05, 0) is 6.08 Å². The summed E-state index contributed by atoms with van der Waals surface area (Å²) in [7, 11) is 0. The van der Waals surface area contributed by atoms with Gasteiger partial charge in [0.1, 0.15) is 12.3 Å². The lowest BCUT2D eigenvalue weighted by molar-refractivity contribution is -0.171. The van der Waals surface area contributed by atoms with Crippen molar-refractivity contribution in [2.45, 2.75) is 33.0 Å². The Labute approximate surface area is 115 Å². The Morgan fingerprint density at radius 1 is 1.25 bits per heavy atom. The molecule has 1 N–H and O–H groups in total. The molecular formula is C12H15NO7. The van der Waals surface area contributed by atoms with Crippen molar-refractivity contribution < 1.29 is 33.4 Å². The van der Waals surface area contributed by atoms with Gasteiger partial charge in [0, 0.05) is 20.8 Å². The van der Waals surface area contributed by atoms with Crippen LogP contribution in [-0.4, -0.2) is 42.6 Å². The fourth-order valence-corrected chi connectivity index (χ4v) is 1.52. The Morgan fingerprint density at radius 3 is 2.40 bits per heavy atom. The van der Waals surface area contributed by atoms with E-state index < -0.39 is 36.0 Å². The fraction of sp³-hybridized carbons (Fsp3) is 0.500. The van der Waals surface area contributed by atoms with E-state index in [4.69, 9.17) is 14.2 Å². The van der Waals surface area contributed by atoms with Gasteiger partial charge in [-0.2, -0.15) is 0 Å². The van der Waals surface area contributed by atoms with E-state index >= 15 is 0 Å². The summed E-state index contributed by atoms with van der Waals surface area (Å²) in [5.41, 5.74) is -0.122. The Hall–Kier alpha value is -2.38. The van der Waals surface area contributed by atoms with Gasteiger partial charge >= 0.3 is 17.9 Å². The van der Waals surface area contributed by atoms with Gasteiger partial charge in [-0.1, -0.05) is 0 Å². The minimum Gasteiger partial charge on any atom is -0.462 e. The predicted octanol–water partition coefficient (Wildman–Crippen LogP) is -0.573. The molecule has 8 nitrogen and oxygen atoms in total. The van der Waals surface area contributed by atoms with Gasteiger partial charge in [0.05, 0.1) is 0 Å². The van der Waals surface area contributed by atoms with Crippen LogP contribution in [0.2, 0.25) is 0 Å². The minimum absolute atomic E-state index is 0.122. The second kappa shape index (κ2) is 6.69. The van der Waals surface area contributed by atoms with Gasteiger partial charge in [0.25, 0.3) is 0 Å². The third-order valence-electron chi connectivity index (χ3n) is 2.24. The average Bonchev–Trinajstić information content (AvgIpc) is 2.29. The molecule has 0 aromatic heterocycles. The number of ether oxygens (including phenoxy) is 3. The molecule has 0 aliphatic carbocycles. The van der Waals surface area contributed by atoms with Crippen LogP contribution in [0.15, 0.2) is 11.8 Å². The number of cyclic esters (lactones) is 1. The molecule has 8 heteroatoms. The van der Waals surface area contributed by atoms with E-state index in [1.807, 2.05) is 0 Å². The van der Waals surface area contributed by atoms with Gasteiger partial charge in [-0.15, -0.1) is 0 Å². The molecule has 110 valence electrons. The fourth-order valence-electron chi connectivity index (χ4n) is 1.52. The third-order valence-corrected chi connectivity index (χ3v) is 2.24. The Kier molecular flexibility index (Phi) is 5.24. The van der Waals surface area contributed by atoms with Crippen LogP contribution in [0.1, 0.15) is 20.8 Å². The molecule has 1 heterocycles. The highest BCUT2D eigenvalue weighted by molar-refractivity contribution is 5.94. The summed E-state index contributed by atoms with van der Waals surface area (Å²) in [6.07, 6.45) is -0.637. The number of carbonyl (C=O) groups excluding carboxylic acids is 4. The van der Waals surface area contributed by atoms with Gasteiger partial charge in [0.15, 0.2) is 12.2 Å². The Bertz CT molecular complexity index is 468. The van der Waals surface area contributed by atoms with Gasteiger partial charge in [-0.25, -0.2) is 4.79 Å². The molecule has 1 amide bonds. The van der Waals surface area contributed by atoms with Gasteiger partial charge < -0.3 is 19.5 Å². The maximum Gasteiger partial charge on any atom is 0.355 e. The highest BCUT2D eigenvalue weighted by Crippen LogP contribution is 2.17. The van der Waals surface area contributed by atoms with E-state index in [2.05, 4.69) is 5.32 Å². The van der Waals surface area contributed by atoms with Crippen molar-refractivity contribution in [1.82, 2.24) is 5.32 Å². The third kappa shape index (κ3) is 4.71. The largest absolute Gasteiger partial charge is 0.462 e. The second-order valence-electron chi connectivity index (χ2n) is 4.08. The first-order chi connectivity index (χ1) is 9.29. The zero-order chi connectivity index (χ0) is 15.3. The number of esters is 3. The van der Waals surface area contributed by atoms with Crippen LogP contribution in [0.4, 0.5) is 0 Å². The molecule has 1 rings (SSSR count). The molecular weight excluding hydrogens is 270 g/mol. The summed E-state index contributed by atoms with van der Waals surface area (Å²) in [4.78, 5) is 44.4. The molecule has 1 aliphatic rings. The summed E-state index contributed by atoms with van der Waals surface area (Å²) >= 11 is 0. The smallest absolute Gasteiger partial charge is 0.355 e. The molecule has 0 saturated carbocycles. The Balaban J connectivity index is 2.88. The van der Waals surface area contributed by atoms with E-state index in [1.54, 1.807) is 0 Å². The topological polar surface area (TPSA) is 108 Å². The molecule has 0 saturated heterocycles. The quantitative estimate of drug-likeness (QED) is 0.544. The lowest BCUT2D eigenvalue weighted by Crippen LogP contribution is -2.44. The van der Waals surface area contributed by atoms with Crippen LogP contribution in [0.25, 0.3) is 0 Å². The SMILES string of the molecule is CC(=O)NC1=C[C@H](OC(C)=O)[C@@H](COC(C)=O)OC1=O. The molecule has 0 aromatic rings. The number of amides is 1.